The molecule has 0 amide bonds. The van der Waals surface area contributed by atoms with Gasteiger partial charge in [0.1, 0.15) is 12.4 Å². The summed E-state index contributed by atoms with van der Waals surface area (Å²) >= 11 is 3.40. The van der Waals surface area contributed by atoms with Gasteiger partial charge in [0.25, 0.3) is 0 Å². The van der Waals surface area contributed by atoms with Crippen LogP contribution in [0.2, 0.25) is 0 Å². The SMILES string of the molecule is Cc1cccc(CNCCOc2ccc(Br)cc2)n1. The summed E-state index contributed by atoms with van der Waals surface area (Å²) in [6.07, 6.45) is 0. The number of aromatic nitrogens is 1. The van der Waals surface area contributed by atoms with Gasteiger partial charge in [-0.1, -0.05) is 22.0 Å². The highest BCUT2D eigenvalue weighted by molar-refractivity contribution is 9.10. The molecule has 0 spiro atoms. The van der Waals surface area contributed by atoms with Crippen LogP contribution in [0.3, 0.4) is 0 Å². The number of hydrogen-bond donors (Lipinski definition) is 1. The van der Waals surface area contributed by atoms with Crippen LogP contribution in [0.15, 0.2) is 46.9 Å². The van der Waals surface area contributed by atoms with Crippen molar-refractivity contribution in [3.05, 3.63) is 58.3 Å². The van der Waals surface area contributed by atoms with E-state index in [1.165, 1.54) is 0 Å². The van der Waals surface area contributed by atoms with Crippen molar-refractivity contribution in [2.45, 2.75) is 13.5 Å². The van der Waals surface area contributed by atoms with Crippen LogP contribution in [0.5, 0.6) is 5.75 Å². The third-order valence-electron chi connectivity index (χ3n) is 2.61. The summed E-state index contributed by atoms with van der Waals surface area (Å²) in [7, 11) is 0. The van der Waals surface area contributed by atoms with Crippen molar-refractivity contribution < 1.29 is 4.74 Å². The van der Waals surface area contributed by atoms with Gasteiger partial charge in [0.2, 0.25) is 0 Å². The van der Waals surface area contributed by atoms with Crippen molar-refractivity contribution in [3.8, 4) is 5.75 Å². The predicted molar refractivity (Wildman–Crippen MR) is 80.3 cm³/mol. The number of hydrogen-bond acceptors (Lipinski definition) is 3. The van der Waals surface area contributed by atoms with Crippen LogP contribution in [0.1, 0.15) is 11.4 Å². The molecular formula is C15H17BrN2O. The molecule has 0 aliphatic heterocycles. The molecule has 0 radical (unpaired) electrons. The molecule has 0 aliphatic carbocycles. The maximum atomic E-state index is 5.62. The molecule has 19 heavy (non-hydrogen) atoms. The Morgan fingerprint density at radius 2 is 1.95 bits per heavy atom. The number of aryl methyl sites for hydroxylation is 1. The van der Waals surface area contributed by atoms with E-state index in [0.29, 0.717) is 6.61 Å². The molecule has 0 unspecified atom stereocenters. The van der Waals surface area contributed by atoms with Gasteiger partial charge in [-0.05, 0) is 43.3 Å². The molecule has 100 valence electrons. The van der Waals surface area contributed by atoms with E-state index in [0.717, 1.165) is 34.7 Å². The third kappa shape index (κ3) is 5.01. The lowest BCUT2D eigenvalue weighted by atomic mass is 10.3. The minimum absolute atomic E-state index is 0.646. The van der Waals surface area contributed by atoms with E-state index in [9.17, 15) is 0 Å². The average molecular weight is 321 g/mol. The van der Waals surface area contributed by atoms with Gasteiger partial charge in [0, 0.05) is 23.3 Å². The molecule has 0 aliphatic rings. The second-order valence-corrected chi connectivity index (χ2v) is 5.17. The molecule has 4 heteroatoms. The summed E-state index contributed by atoms with van der Waals surface area (Å²) in [5.74, 6) is 0.888. The van der Waals surface area contributed by atoms with Gasteiger partial charge >= 0.3 is 0 Å². The van der Waals surface area contributed by atoms with Crippen LogP contribution in [0, 0.1) is 6.92 Å². The normalized spacial score (nSPS) is 10.4. The van der Waals surface area contributed by atoms with E-state index in [-0.39, 0.29) is 0 Å². The fourth-order valence-corrected chi connectivity index (χ4v) is 1.95. The monoisotopic (exact) mass is 320 g/mol. The third-order valence-corrected chi connectivity index (χ3v) is 3.14. The average Bonchev–Trinajstić information content (AvgIpc) is 2.41. The van der Waals surface area contributed by atoms with Gasteiger partial charge in [-0.3, -0.25) is 4.98 Å². The summed E-state index contributed by atoms with van der Waals surface area (Å²) in [5.41, 5.74) is 2.11. The smallest absolute Gasteiger partial charge is 0.119 e. The number of nitrogens with zero attached hydrogens (tertiary/aromatic N) is 1. The molecule has 1 aromatic heterocycles. The van der Waals surface area contributed by atoms with Crippen LogP contribution in [-0.4, -0.2) is 18.1 Å². The number of halogens is 1. The molecule has 1 heterocycles. The first kappa shape index (κ1) is 14.0. The van der Waals surface area contributed by atoms with Gasteiger partial charge in [-0.25, -0.2) is 0 Å². The Morgan fingerprint density at radius 3 is 2.68 bits per heavy atom. The second-order valence-electron chi connectivity index (χ2n) is 4.25. The van der Waals surface area contributed by atoms with Gasteiger partial charge in [0.15, 0.2) is 0 Å². The van der Waals surface area contributed by atoms with E-state index in [1.807, 2.05) is 49.4 Å². The maximum Gasteiger partial charge on any atom is 0.119 e. The van der Waals surface area contributed by atoms with Crippen molar-refractivity contribution >= 4 is 15.9 Å². The minimum atomic E-state index is 0.646. The maximum absolute atomic E-state index is 5.62. The topological polar surface area (TPSA) is 34.1 Å². The zero-order chi connectivity index (χ0) is 13.5. The van der Waals surface area contributed by atoms with Crippen molar-refractivity contribution in [2.24, 2.45) is 0 Å². The molecule has 0 atom stereocenters. The van der Waals surface area contributed by atoms with Crippen molar-refractivity contribution in [1.29, 1.82) is 0 Å². The zero-order valence-corrected chi connectivity index (χ0v) is 12.5. The number of ether oxygens (including phenoxy) is 1. The van der Waals surface area contributed by atoms with Gasteiger partial charge in [0.05, 0.1) is 5.69 Å². The molecule has 2 rings (SSSR count). The molecule has 1 aromatic carbocycles. The molecule has 0 fully saturated rings. The Labute approximate surface area is 122 Å². The zero-order valence-electron chi connectivity index (χ0n) is 10.9. The highest BCUT2D eigenvalue weighted by Crippen LogP contribution is 2.15. The molecule has 2 aromatic rings. The molecule has 3 nitrogen and oxygen atoms in total. The fraction of sp³-hybridized carbons (Fsp3) is 0.267. The summed E-state index contributed by atoms with van der Waals surface area (Å²) in [6.45, 7) is 4.21. The van der Waals surface area contributed by atoms with Crippen LogP contribution in [-0.2, 0) is 6.54 Å². The van der Waals surface area contributed by atoms with E-state index in [4.69, 9.17) is 4.74 Å². The lowest BCUT2D eigenvalue weighted by molar-refractivity contribution is 0.313. The lowest BCUT2D eigenvalue weighted by Crippen LogP contribution is -2.21. The highest BCUT2D eigenvalue weighted by Gasteiger charge is 1.96. The van der Waals surface area contributed by atoms with Gasteiger partial charge in [-0.15, -0.1) is 0 Å². The van der Waals surface area contributed by atoms with E-state index in [2.05, 4.69) is 26.2 Å². The van der Waals surface area contributed by atoms with E-state index >= 15 is 0 Å². The lowest BCUT2D eigenvalue weighted by Gasteiger charge is -2.07. The Morgan fingerprint density at radius 1 is 1.16 bits per heavy atom. The fourth-order valence-electron chi connectivity index (χ4n) is 1.69. The van der Waals surface area contributed by atoms with Crippen molar-refractivity contribution in [1.82, 2.24) is 10.3 Å². The standard InChI is InChI=1S/C15H17BrN2O/c1-12-3-2-4-14(18-12)11-17-9-10-19-15-7-5-13(16)6-8-15/h2-8,17H,9-11H2,1H3. The van der Waals surface area contributed by atoms with Crippen molar-refractivity contribution in [3.63, 3.8) is 0 Å². The highest BCUT2D eigenvalue weighted by atomic mass is 79.9. The molecule has 0 saturated carbocycles. The Hall–Kier alpha value is -1.39. The Balaban J connectivity index is 1.66. The summed E-state index contributed by atoms with van der Waals surface area (Å²) in [5, 5.41) is 3.31. The second kappa shape index (κ2) is 7.26. The summed E-state index contributed by atoms with van der Waals surface area (Å²) in [6, 6.07) is 13.9. The number of nitrogens with one attached hydrogen (secondary N) is 1. The number of pyridine rings is 1. The quantitative estimate of drug-likeness (QED) is 0.829. The van der Waals surface area contributed by atoms with Crippen LogP contribution >= 0.6 is 15.9 Å². The first-order valence-electron chi connectivity index (χ1n) is 6.26. The first-order valence-corrected chi connectivity index (χ1v) is 7.05. The molecule has 1 N–H and O–H groups in total. The molecular weight excluding hydrogens is 304 g/mol. The molecule has 0 saturated heterocycles. The van der Waals surface area contributed by atoms with Crippen LogP contribution in [0.4, 0.5) is 0 Å². The van der Waals surface area contributed by atoms with Crippen LogP contribution < -0.4 is 10.1 Å². The number of benzene rings is 1. The summed E-state index contributed by atoms with van der Waals surface area (Å²) < 4.78 is 6.68. The number of rotatable bonds is 6. The van der Waals surface area contributed by atoms with E-state index < -0.39 is 0 Å². The van der Waals surface area contributed by atoms with Crippen LogP contribution in [0.25, 0.3) is 0 Å². The van der Waals surface area contributed by atoms with Crippen molar-refractivity contribution in [2.75, 3.05) is 13.2 Å². The Kier molecular flexibility index (Phi) is 5.36. The van der Waals surface area contributed by atoms with Gasteiger partial charge < -0.3 is 10.1 Å². The minimum Gasteiger partial charge on any atom is -0.492 e. The predicted octanol–water partition coefficient (Wildman–Crippen LogP) is 3.32. The van der Waals surface area contributed by atoms with E-state index in [1.54, 1.807) is 0 Å². The molecule has 0 bridgehead atoms. The first-order chi connectivity index (χ1) is 9.24. The van der Waals surface area contributed by atoms with Gasteiger partial charge in [-0.2, -0.15) is 0 Å². The Bertz CT molecular complexity index is 514. The largest absolute Gasteiger partial charge is 0.492 e. The summed E-state index contributed by atoms with van der Waals surface area (Å²) in [4.78, 5) is 4.43.